The Labute approximate surface area is 194 Å². The Bertz CT molecular complexity index is 1400. The molecule has 164 valence electrons. The number of thiophene rings is 1. The Morgan fingerprint density at radius 2 is 1.85 bits per heavy atom. The number of carbonyl (C=O) groups is 1. The third kappa shape index (κ3) is 4.40. The number of H-pyrrole nitrogens is 1. The van der Waals surface area contributed by atoms with E-state index in [4.69, 9.17) is 0 Å². The molecule has 1 amide bonds. The number of pyridine rings is 2. The van der Waals surface area contributed by atoms with Crippen LogP contribution in [-0.4, -0.2) is 20.9 Å². The summed E-state index contributed by atoms with van der Waals surface area (Å²) in [5, 5.41) is 5.86. The summed E-state index contributed by atoms with van der Waals surface area (Å²) in [5.74, 6) is -0.0549. The molecule has 1 atom stereocenters. The zero-order valence-corrected chi connectivity index (χ0v) is 18.7. The molecule has 2 N–H and O–H groups in total. The fourth-order valence-corrected chi connectivity index (χ4v) is 4.70. The summed E-state index contributed by atoms with van der Waals surface area (Å²) in [7, 11) is 0. The van der Waals surface area contributed by atoms with Crippen molar-refractivity contribution < 1.29 is 9.18 Å². The van der Waals surface area contributed by atoms with Crippen molar-refractivity contribution >= 4 is 34.1 Å². The fraction of sp³-hybridized carbons (Fsp3) is 0.115. The molecule has 0 aliphatic heterocycles. The van der Waals surface area contributed by atoms with Crippen molar-refractivity contribution in [2.24, 2.45) is 5.92 Å². The van der Waals surface area contributed by atoms with E-state index in [1.54, 1.807) is 35.9 Å². The SMILES string of the molecule is C[C@@H](Cc1cccs1)C(=O)Nc1ccc2c(-c3ccncc3)c(-c3ccc(F)cc3)[nH]c2n1. The molecule has 7 heteroatoms. The molecule has 0 saturated heterocycles. The normalized spacial score (nSPS) is 12.1. The zero-order valence-electron chi connectivity index (χ0n) is 17.9. The molecule has 4 heterocycles. The molecular formula is C26H21FN4OS. The molecule has 5 aromatic rings. The summed E-state index contributed by atoms with van der Waals surface area (Å²) in [5.41, 5.74) is 4.24. The van der Waals surface area contributed by atoms with Crippen LogP contribution in [0.3, 0.4) is 0 Å². The molecule has 0 aliphatic carbocycles. The molecule has 4 aromatic heterocycles. The largest absolute Gasteiger partial charge is 0.339 e. The third-order valence-electron chi connectivity index (χ3n) is 5.55. The van der Waals surface area contributed by atoms with Crippen LogP contribution in [0.4, 0.5) is 10.2 Å². The van der Waals surface area contributed by atoms with E-state index in [0.29, 0.717) is 17.9 Å². The molecule has 33 heavy (non-hydrogen) atoms. The highest BCUT2D eigenvalue weighted by molar-refractivity contribution is 7.09. The molecule has 5 nitrogen and oxygen atoms in total. The number of nitrogens with zero attached hydrogens (tertiary/aromatic N) is 2. The van der Waals surface area contributed by atoms with Gasteiger partial charge in [-0.25, -0.2) is 9.37 Å². The van der Waals surface area contributed by atoms with Gasteiger partial charge in [0.15, 0.2) is 0 Å². The van der Waals surface area contributed by atoms with Crippen molar-refractivity contribution in [1.29, 1.82) is 0 Å². The van der Waals surface area contributed by atoms with E-state index in [1.807, 2.05) is 48.7 Å². The number of hydrogen-bond donors (Lipinski definition) is 2. The summed E-state index contributed by atoms with van der Waals surface area (Å²) >= 11 is 1.65. The molecule has 0 spiro atoms. The van der Waals surface area contributed by atoms with Crippen molar-refractivity contribution in [2.75, 3.05) is 5.32 Å². The van der Waals surface area contributed by atoms with Crippen molar-refractivity contribution in [3.63, 3.8) is 0 Å². The van der Waals surface area contributed by atoms with Gasteiger partial charge in [-0.15, -0.1) is 11.3 Å². The summed E-state index contributed by atoms with van der Waals surface area (Å²) in [6, 6.07) is 18.0. The van der Waals surface area contributed by atoms with Crippen LogP contribution in [0.15, 0.2) is 78.4 Å². The molecule has 0 unspecified atom stereocenters. The van der Waals surface area contributed by atoms with Gasteiger partial charge in [0.2, 0.25) is 5.91 Å². The topological polar surface area (TPSA) is 70.7 Å². The minimum atomic E-state index is -0.292. The number of rotatable bonds is 6. The lowest BCUT2D eigenvalue weighted by atomic mass is 10.00. The second-order valence-electron chi connectivity index (χ2n) is 7.88. The standard InChI is InChI=1S/C26H21FN4OS/c1-16(15-20-3-2-14-33-20)26(32)30-22-9-8-21-23(17-10-12-28-13-11-17)24(31-25(21)29-22)18-4-6-19(27)7-5-18/h2-14,16H,15H2,1H3,(H2,29,30,31,32)/t16-/m0/s1. The molecule has 0 fully saturated rings. The van der Waals surface area contributed by atoms with Crippen LogP contribution in [0.5, 0.6) is 0 Å². The first-order valence-electron chi connectivity index (χ1n) is 10.6. The number of aromatic nitrogens is 3. The number of aromatic amines is 1. The van der Waals surface area contributed by atoms with Crippen LogP contribution in [0.2, 0.25) is 0 Å². The number of anilines is 1. The maximum absolute atomic E-state index is 13.5. The van der Waals surface area contributed by atoms with Gasteiger partial charge in [-0.3, -0.25) is 9.78 Å². The van der Waals surface area contributed by atoms with E-state index in [-0.39, 0.29) is 17.6 Å². The van der Waals surface area contributed by atoms with Gasteiger partial charge in [0.1, 0.15) is 17.3 Å². The van der Waals surface area contributed by atoms with E-state index in [1.165, 1.54) is 17.0 Å². The van der Waals surface area contributed by atoms with Gasteiger partial charge < -0.3 is 10.3 Å². The fourth-order valence-electron chi connectivity index (χ4n) is 3.87. The number of fused-ring (bicyclic) bond motifs is 1. The first kappa shape index (κ1) is 21.0. The first-order valence-corrected chi connectivity index (χ1v) is 11.5. The van der Waals surface area contributed by atoms with Crippen LogP contribution in [-0.2, 0) is 11.2 Å². The Morgan fingerprint density at radius 3 is 2.58 bits per heavy atom. The number of halogens is 1. The average molecular weight is 457 g/mol. The van der Waals surface area contributed by atoms with Crippen LogP contribution in [0.1, 0.15) is 11.8 Å². The number of carbonyl (C=O) groups excluding carboxylic acids is 1. The summed E-state index contributed by atoms with van der Waals surface area (Å²) in [6.07, 6.45) is 4.16. The molecule has 0 bridgehead atoms. The van der Waals surface area contributed by atoms with Crippen LogP contribution >= 0.6 is 11.3 Å². The van der Waals surface area contributed by atoms with Crippen molar-refractivity contribution in [3.8, 4) is 22.4 Å². The summed E-state index contributed by atoms with van der Waals surface area (Å²) in [6.45, 7) is 1.91. The molecule has 1 aromatic carbocycles. The minimum Gasteiger partial charge on any atom is -0.339 e. The minimum absolute atomic E-state index is 0.0741. The van der Waals surface area contributed by atoms with E-state index in [0.717, 1.165) is 27.8 Å². The predicted molar refractivity (Wildman–Crippen MR) is 131 cm³/mol. The van der Waals surface area contributed by atoms with Gasteiger partial charge in [0, 0.05) is 34.1 Å². The molecule has 5 rings (SSSR count). The highest BCUT2D eigenvalue weighted by atomic mass is 32.1. The van der Waals surface area contributed by atoms with Gasteiger partial charge in [-0.2, -0.15) is 0 Å². The summed E-state index contributed by atoms with van der Waals surface area (Å²) < 4.78 is 13.5. The maximum atomic E-state index is 13.5. The highest BCUT2D eigenvalue weighted by Crippen LogP contribution is 2.38. The molecule has 0 radical (unpaired) electrons. The number of nitrogens with one attached hydrogen (secondary N) is 2. The number of benzene rings is 1. The van der Waals surface area contributed by atoms with E-state index >= 15 is 0 Å². The number of amides is 1. The lowest BCUT2D eigenvalue weighted by Crippen LogP contribution is -2.22. The van der Waals surface area contributed by atoms with Gasteiger partial charge in [-0.05, 0) is 77.5 Å². The van der Waals surface area contributed by atoms with Crippen molar-refractivity contribution in [1.82, 2.24) is 15.0 Å². The highest BCUT2D eigenvalue weighted by Gasteiger charge is 2.18. The predicted octanol–water partition coefficient (Wildman–Crippen LogP) is 6.31. The molecule has 0 aliphatic rings. The van der Waals surface area contributed by atoms with E-state index in [2.05, 4.69) is 20.3 Å². The molecular weight excluding hydrogens is 435 g/mol. The van der Waals surface area contributed by atoms with Crippen LogP contribution in [0.25, 0.3) is 33.4 Å². The Hall–Kier alpha value is -3.84. The lowest BCUT2D eigenvalue weighted by Gasteiger charge is -2.11. The first-order chi connectivity index (χ1) is 16.1. The van der Waals surface area contributed by atoms with Gasteiger partial charge in [0.05, 0.1) is 5.69 Å². The van der Waals surface area contributed by atoms with Crippen molar-refractivity contribution in [2.45, 2.75) is 13.3 Å². The van der Waals surface area contributed by atoms with Crippen LogP contribution < -0.4 is 5.32 Å². The lowest BCUT2D eigenvalue weighted by molar-refractivity contribution is -0.119. The van der Waals surface area contributed by atoms with E-state index < -0.39 is 0 Å². The van der Waals surface area contributed by atoms with Crippen molar-refractivity contribution in [3.05, 3.63) is 89.1 Å². The summed E-state index contributed by atoms with van der Waals surface area (Å²) in [4.78, 5) is 26.1. The quantitative estimate of drug-likeness (QED) is 0.315. The second kappa shape index (κ2) is 8.96. The number of hydrogen-bond acceptors (Lipinski definition) is 4. The van der Waals surface area contributed by atoms with Gasteiger partial charge >= 0.3 is 0 Å². The monoisotopic (exact) mass is 456 g/mol. The smallest absolute Gasteiger partial charge is 0.228 e. The van der Waals surface area contributed by atoms with E-state index in [9.17, 15) is 9.18 Å². The Morgan fingerprint density at radius 1 is 1.06 bits per heavy atom. The third-order valence-corrected chi connectivity index (χ3v) is 6.44. The molecule has 0 saturated carbocycles. The Balaban J connectivity index is 1.50. The second-order valence-corrected chi connectivity index (χ2v) is 8.92. The van der Waals surface area contributed by atoms with Crippen LogP contribution in [0, 0.1) is 11.7 Å². The van der Waals surface area contributed by atoms with Gasteiger partial charge in [0.25, 0.3) is 0 Å². The average Bonchev–Trinajstić information content (AvgIpc) is 3.47. The zero-order chi connectivity index (χ0) is 22.8. The van der Waals surface area contributed by atoms with Gasteiger partial charge in [-0.1, -0.05) is 13.0 Å². The maximum Gasteiger partial charge on any atom is 0.228 e. The Kier molecular flexibility index (Phi) is 5.71.